The maximum atomic E-state index is 11.7. The Morgan fingerprint density at radius 3 is 2.44 bits per heavy atom. The molecular weight excluding hydrogens is 198 g/mol. The highest BCUT2D eigenvalue weighted by atomic mass is 16.2. The fourth-order valence-electron chi connectivity index (χ4n) is 1.82. The van der Waals surface area contributed by atoms with E-state index in [-0.39, 0.29) is 5.91 Å². The number of carbonyl (C=O) groups excluding carboxylic acids is 1. The van der Waals surface area contributed by atoms with Crippen molar-refractivity contribution in [2.45, 2.75) is 19.3 Å². The molecule has 0 N–H and O–H groups in total. The van der Waals surface area contributed by atoms with Crippen LogP contribution in [0.5, 0.6) is 0 Å². The molecule has 0 saturated carbocycles. The molecule has 0 unspecified atom stereocenters. The lowest BCUT2D eigenvalue weighted by Gasteiger charge is -2.24. The number of nitrogens with zero attached hydrogens (tertiary/aromatic N) is 1. The van der Waals surface area contributed by atoms with E-state index in [9.17, 15) is 4.79 Å². The Hall–Kier alpha value is -1.75. The van der Waals surface area contributed by atoms with E-state index in [1.165, 1.54) is 6.42 Å². The number of piperidine rings is 1. The van der Waals surface area contributed by atoms with Crippen molar-refractivity contribution in [2.24, 2.45) is 0 Å². The Balaban J connectivity index is 1.99. The number of carbonyl (C=O) groups is 1. The number of amides is 1. The van der Waals surface area contributed by atoms with E-state index in [1.807, 2.05) is 35.2 Å². The summed E-state index contributed by atoms with van der Waals surface area (Å²) in [4.78, 5) is 13.6. The van der Waals surface area contributed by atoms with Crippen molar-refractivity contribution in [2.75, 3.05) is 13.1 Å². The number of hydrogen-bond acceptors (Lipinski definition) is 1. The molecule has 16 heavy (non-hydrogen) atoms. The summed E-state index contributed by atoms with van der Waals surface area (Å²) >= 11 is 0. The van der Waals surface area contributed by atoms with Crippen molar-refractivity contribution in [3.05, 3.63) is 35.9 Å². The number of benzene rings is 1. The van der Waals surface area contributed by atoms with Gasteiger partial charge in [-0.05, 0) is 31.4 Å². The Kier molecular flexibility index (Phi) is 3.61. The molecule has 0 bridgehead atoms. The topological polar surface area (TPSA) is 20.3 Å². The summed E-state index contributed by atoms with van der Waals surface area (Å²) in [6.07, 6.45) is 3.45. The molecule has 0 radical (unpaired) electrons. The van der Waals surface area contributed by atoms with Gasteiger partial charge in [-0.25, -0.2) is 0 Å². The van der Waals surface area contributed by atoms with Crippen LogP contribution in [0.25, 0.3) is 0 Å². The largest absolute Gasteiger partial charge is 0.332 e. The van der Waals surface area contributed by atoms with Crippen LogP contribution in [0.2, 0.25) is 0 Å². The summed E-state index contributed by atoms with van der Waals surface area (Å²) in [5, 5.41) is 0. The van der Waals surface area contributed by atoms with Crippen LogP contribution in [0.1, 0.15) is 24.8 Å². The molecule has 1 aromatic rings. The highest BCUT2D eigenvalue weighted by Crippen LogP contribution is 2.08. The highest BCUT2D eigenvalue weighted by Gasteiger charge is 2.13. The minimum Gasteiger partial charge on any atom is -0.332 e. The van der Waals surface area contributed by atoms with E-state index in [0.717, 1.165) is 31.5 Å². The Bertz CT molecular complexity index is 407. The van der Waals surface area contributed by atoms with Crippen LogP contribution in [0, 0.1) is 11.8 Å². The van der Waals surface area contributed by atoms with E-state index >= 15 is 0 Å². The van der Waals surface area contributed by atoms with Gasteiger partial charge in [-0.3, -0.25) is 4.79 Å². The SMILES string of the molecule is O=C(C#Cc1ccccc1)N1CCCCC1. The summed E-state index contributed by atoms with van der Waals surface area (Å²) in [6, 6.07) is 9.62. The normalized spacial score (nSPS) is 15.1. The third kappa shape index (κ3) is 2.87. The second kappa shape index (κ2) is 5.37. The molecule has 0 aliphatic carbocycles. The van der Waals surface area contributed by atoms with E-state index in [0.29, 0.717) is 0 Å². The lowest BCUT2D eigenvalue weighted by Crippen LogP contribution is -2.34. The minimum atomic E-state index is -0.0384. The Morgan fingerprint density at radius 1 is 1.06 bits per heavy atom. The van der Waals surface area contributed by atoms with Crippen molar-refractivity contribution >= 4 is 5.91 Å². The first-order chi connectivity index (χ1) is 7.86. The third-order valence-electron chi connectivity index (χ3n) is 2.73. The molecule has 1 aromatic carbocycles. The fourth-order valence-corrected chi connectivity index (χ4v) is 1.82. The summed E-state index contributed by atoms with van der Waals surface area (Å²) in [7, 11) is 0. The quantitative estimate of drug-likeness (QED) is 0.604. The number of rotatable bonds is 0. The molecule has 1 aliphatic heterocycles. The van der Waals surface area contributed by atoms with Gasteiger partial charge >= 0.3 is 0 Å². The van der Waals surface area contributed by atoms with Crippen LogP contribution in [-0.2, 0) is 4.79 Å². The zero-order valence-corrected chi connectivity index (χ0v) is 9.28. The van der Waals surface area contributed by atoms with Crippen molar-refractivity contribution in [3.63, 3.8) is 0 Å². The van der Waals surface area contributed by atoms with Crippen LogP contribution in [0.15, 0.2) is 30.3 Å². The molecule has 1 amide bonds. The van der Waals surface area contributed by atoms with Gasteiger partial charge in [0.25, 0.3) is 5.91 Å². The molecule has 1 heterocycles. The monoisotopic (exact) mass is 213 g/mol. The van der Waals surface area contributed by atoms with Gasteiger partial charge < -0.3 is 4.90 Å². The minimum absolute atomic E-state index is 0.0384. The summed E-state index contributed by atoms with van der Waals surface area (Å²) in [6.45, 7) is 1.73. The molecule has 1 saturated heterocycles. The maximum absolute atomic E-state index is 11.7. The zero-order valence-electron chi connectivity index (χ0n) is 9.28. The molecule has 1 fully saturated rings. The molecule has 2 nitrogen and oxygen atoms in total. The smallest absolute Gasteiger partial charge is 0.298 e. The zero-order chi connectivity index (χ0) is 11.2. The molecule has 0 aromatic heterocycles. The molecule has 82 valence electrons. The van der Waals surface area contributed by atoms with Crippen LogP contribution < -0.4 is 0 Å². The van der Waals surface area contributed by atoms with Gasteiger partial charge in [0, 0.05) is 24.6 Å². The lowest BCUT2D eigenvalue weighted by molar-refractivity contribution is -0.125. The molecule has 2 rings (SSSR count). The first kappa shape index (κ1) is 10.8. The number of likely N-dealkylation sites (tertiary alicyclic amines) is 1. The molecule has 2 heteroatoms. The van der Waals surface area contributed by atoms with Crippen molar-refractivity contribution < 1.29 is 4.79 Å². The second-order valence-electron chi connectivity index (χ2n) is 3.97. The van der Waals surface area contributed by atoms with Gasteiger partial charge in [-0.15, -0.1) is 0 Å². The number of hydrogen-bond donors (Lipinski definition) is 0. The molecule has 1 aliphatic rings. The van der Waals surface area contributed by atoms with Gasteiger partial charge in [0.15, 0.2) is 0 Å². The van der Waals surface area contributed by atoms with Crippen LogP contribution >= 0.6 is 0 Å². The van der Waals surface area contributed by atoms with Crippen molar-refractivity contribution in [1.29, 1.82) is 0 Å². The molecule has 0 spiro atoms. The first-order valence-corrected chi connectivity index (χ1v) is 5.72. The summed E-state index contributed by atoms with van der Waals surface area (Å²) in [5.74, 6) is 5.57. The van der Waals surface area contributed by atoms with Gasteiger partial charge in [0.05, 0.1) is 0 Å². The fraction of sp³-hybridized carbons (Fsp3) is 0.357. The molecule has 0 atom stereocenters. The predicted molar refractivity (Wildman–Crippen MR) is 63.8 cm³/mol. The van der Waals surface area contributed by atoms with Crippen molar-refractivity contribution in [3.8, 4) is 11.8 Å². The average Bonchev–Trinajstić information content (AvgIpc) is 2.38. The van der Waals surface area contributed by atoms with Crippen molar-refractivity contribution in [1.82, 2.24) is 4.90 Å². The third-order valence-corrected chi connectivity index (χ3v) is 2.73. The maximum Gasteiger partial charge on any atom is 0.298 e. The lowest BCUT2D eigenvalue weighted by atomic mass is 10.1. The van der Waals surface area contributed by atoms with E-state index in [1.54, 1.807) is 0 Å². The Morgan fingerprint density at radius 2 is 1.75 bits per heavy atom. The van der Waals surface area contributed by atoms with Gasteiger partial charge in [-0.2, -0.15) is 0 Å². The highest BCUT2D eigenvalue weighted by molar-refractivity contribution is 5.94. The van der Waals surface area contributed by atoms with Gasteiger partial charge in [-0.1, -0.05) is 24.1 Å². The van der Waals surface area contributed by atoms with Gasteiger partial charge in [0.1, 0.15) is 0 Å². The van der Waals surface area contributed by atoms with E-state index in [4.69, 9.17) is 0 Å². The van der Waals surface area contributed by atoms with E-state index < -0.39 is 0 Å². The van der Waals surface area contributed by atoms with Crippen LogP contribution in [-0.4, -0.2) is 23.9 Å². The van der Waals surface area contributed by atoms with Gasteiger partial charge in [0.2, 0.25) is 0 Å². The molecular formula is C14H15NO. The summed E-state index contributed by atoms with van der Waals surface area (Å²) < 4.78 is 0. The standard InChI is InChI=1S/C14H15NO/c16-14(15-11-5-2-6-12-15)10-9-13-7-3-1-4-8-13/h1,3-4,7-8H,2,5-6,11-12H2. The average molecular weight is 213 g/mol. The Labute approximate surface area is 96.3 Å². The first-order valence-electron chi connectivity index (χ1n) is 5.72. The predicted octanol–water partition coefficient (Wildman–Crippen LogP) is 2.05. The van der Waals surface area contributed by atoms with Crippen LogP contribution in [0.3, 0.4) is 0 Å². The second-order valence-corrected chi connectivity index (χ2v) is 3.97. The summed E-state index contributed by atoms with van der Waals surface area (Å²) in [5.41, 5.74) is 0.896. The van der Waals surface area contributed by atoms with E-state index in [2.05, 4.69) is 11.8 Å². The van der Waals surface area contributed by atoms with Crippen LogP contribution in [0.4, 0.5) is 0 Å².